The van der Waals surface area contributed by atoms with Crippen LogP contribution < -0.4 is 10.2 Å². The van der Waals surface area contributed by atoms with Gasteiger partial charge in [-0.05, 0) is 62.1 Å². The van der Waals surface area contributed by atoms with Crippen LogP contribution >= 0.6 is 11.6 Å². The minimum Gasteiger partial charge on any atom is -0.367 e. The van der Waals surface area contributed by atoms with Crippen molar-refractivity contribution in [3.8, 4) is 0 Å². The predicted molar refractivity (Wildman–Crippen MR) is 89.0 cm³/mol. The van der Waals surface area contributed by atoms with E-state index in [1.807, 2.05) is 0 Å². The van der Waals surface area contributed by atoms with Gasteiger partial charge in [-0.2, -0.15) is 0 Å². The molecule has 2 saturated carbocycles. The van der Waals surface area contributed by atoms with E-state index in [1.165, 1.54) is 62.7 Å². The van der Waals surface area contributed by atoms with Crippen molar-refractivity contribution in [2.24, 2.45) is 5.92 Å². The minimum atomic E-state index is 0.742. The second-order valence-electron chi connectivity index (χ2n) is 7.03. The fourth-order valence-electron chi connectivity index (χ4n) is 4.20. The van der Waals surface area contributed by atoms with Gasteiger partial charge in [0.2, 0.25) is 0 Å². The lowest BCUT2D eigenvalue weighted by Crippen LogP contribution is -2.42. The molecule has 1 aromatic rings. The van der Waals surface area contributed by atoms with Crippen LogP contribution in [0.5, 0.6) is 0 Å². The summed E-state index contributed by atoms with van der Waals surface area (Å²) in [6.45, 7) is 2.14. The normalized spacial score (nSPS) is 28.7. The zero-order chi connectivity index (χ0) is 14.2. The summed E-state index contributed by atoms with van der Waals surface area (Å²) in [6, 6.07) is 8.18. The maximum absolute atomic E-state index is 6.61. The molecule has 3 fully saturated rings. The maximum atomic E-state index is 6.61. The molecule has 2 nitrogen and oxygen atoms in total. The van der Waals surface area contributed by atoms with Crippen LogP contribution in [0.1, 0.15) is 50.5 Å². The zero-order valence-corrected chi connectivity index (χ0v) is 13.4. The van der Waals surface area contributed by atoms with Gasteiger partial charge in [0.1, 0.15) is 0 Å². The molecule has 2 aliphatic carbocycles. The Bertz CT molecular complexity index is 512. The van der Waals surface area contributed by atoms with Crippen LogP contribution in [0, 0.1) is 5.92 Å². The van der Waals surface area contributed by atoms with E-state index < -0.39 is 0 Å². The Morgan fingerprint density at radius 2 is 1.95 bits per heavy atom. The summed E-state index contributed by atoms with van der Waals surface area (Å²) in [5.41, 5.74) is 2.58. The van der Waals surface area contributed by atoms with Crippen molar-refractivity contribution in [1.29, 1.82) is 0 Å². The van der Waals surface area contributed by atoms with Crippen LogP contribution in [0.15, 0.2) is 18.2 Å². The molecule has 0 bridgehead atoms. The first kappa shape index (κ1) is 13.9. The zero-order valence-electron chi connectivity index (χ0n) is 12.7. The highest BCUT2D eigenvalue weighted by Gasteiger charge is 2.35. The van der Waals surface area contributed by atoms with Crippen LogP contribution in [-0.4, -0.2) is 18.6 Å². The third-order valence-corrected chi connectivity index (χ3v) is 5.79. The van der Waals surface area contributed by atoms with Gasteiger partial charge < -0.3 is 10.2 Å². The number of nitrogens with one attached hydrogen (secondary N) is 1. The van der Waals surface area contributed by atoms with Crippen LogP contribution in [0.2, 0.25) is 5.02 Å². The maximum Gasteiger partial charge on any atom is 0.0642 e. The van der Waals surface area contributed by atoms with Crippen LogP contribution in [0.3, 0.4) is 0 Å². The van der Waals surface area contributed by atoms with Crippen molar-refractivity contribution in [2.45, 2.75) is 63.6 Å². The van der Waals surface area contributed by atoms with Gasteiger partial charge >= 0.3 is 0 Å². The Morgan fingerprint density at radius 3 is 2.76 bits per heavy atom. The highest BCUT2D eigenvalue weighted by molar-refractivity contribution is 6.33. The standard InChI is InChI=1S/C18H25ClN2/c19-16-11-13(12-20-15-7-8-15)6-9-18(16)21-10-2-4-14-3-1-5-17(14)21/h6,9,11,14-15,17,20H,1-5,7-8,10,12H2. The number of halogens is 1. The molecule has 1 N–H and O–H groups in total. The molecule has 1 heterocycles. The Balaban J connectivity index is 1.50. The van der Waals surface area contributed by atoms with Crippen molar-refractivity contribution < 1.29 is 0 Å². The summed E-state index contributed by atoms with van der Waals surface area (Å²) in [6.07, 6.45) is 9.58. The molecule has 0 radical (unpaired) electrons. The molecule has 0 spiro atoms. The van der Waals surface area contributed by atoms with Crippen LogP contribution in [0.4, 0.5) is 5.69 Å². The third kappa shape index (κ3) is 2.93. The molecule has 0 aromatic heterocycles. The number of anilines is 1. The summed E-state index contributed by atoms with van der Waals surface area (Å²) in [7, 11) is 0. The molecule has 114 valence electrons. The second kappa shape index (κ2) is 5.81. The van der Waals surface area contributed by atoms with E-state index in [0.29, 0.717) is 0 Å². The van der Waals surface area contributed by atoms with E-state index in [0.717, 1.165) is 29.6 Å². The molecule has 2 unspecified atom stereocenters. The van der Waals surface area contributed by atoms with E-state index in [-0.39, 0.29) is 0 Å². The first-order valence-electron chi connectivity index (χ1n) is 8.60. The number of benzene rings is 1. The quantitative estimate of drug-likeness (QED) is 0.889. The fourth-order valence-corrected chi connectivity index (χ4v) is 4.51. The van der Waals surface area contributed by atoms with E-state index in [4.69, 9.17) is 11.6 Å². The summed E-state index contributed by atoms with van der Waals surface area (Å²) < 4.78 is 0. The molecule has 21 heavy (non-hydrogen) atoms. The van der Waals surface area contributed by atoms with Crippen LogP contribution in [-0.2, 0) is 6.54 Å². The lowest BCUT2D eigenvalue weighted by molar-refractivity contribution is 0.362. The molecule has 0 amide bonds. The molecule has 1 aromatic carbocycles. The first-order chi connectivity index (χ1) is 10.3. The van der Waals surface area contributed by atoms with Crippen LogP contribution in [0.25, 0.3) is 0 Å². The Morgan fingerprint density at radius 1 is 1.10 bits per heavy atom. The van der Waals surface area contributed by atoms with E-state index in [1.54, 1.807) is 0 Å². The van der Waals surface area contributed by atoms with Gasteiger partial charge in [-0.1, -0.05) is 24.1 Å². The monoisotopic (exact) mass is 304 g/mol. The lowest BCUT2D eigenvalue weighted by atomic mass is 9.91. The van der Waals surface area contributed by atoms with Gasteiger partial charge in [-0.3, -0.25) is 0 Å². The number of fused-ring (bicyclic) bond motifs is 1. The number of hydrogen-bond donors (Lipinski definition) is 1. The van der Waals surface area contributed by atoms with E-state index in [9.17, 15) is 0 Å². The largest absolute Gasteiger partial charge is 0.367 e. The molecular formula is C18H25ClN2. The second-order valence-corrected chi connectivity index (χ2v) is 7.44. The van der Waals surface area contributed by atoms with Gasteiger partial charge in [-0.15, -0.1) is 0 Å². The van der Waals surface area contributed by atoms with Crippen molar-refractivity contribution >= 4 is 17.3 Å². The average Bonchev–Trinajstić information content (AvgIpc) is 3.20. The van der Waals surface area contributed by atoms with Gasteiger partial charge in [-0.25, -0.2) is 0 Å². The SMILES string of the molecule is Clc1cc(CNC2CC2)ccc1N1CCCC2CCCC21. The number of rotatable bonds is 4. The molecule has 3 heteroatoms. The molecule has 1 aliphatic heterocycles. The van der Waals surface area contributed by atoms with Crippen molar-refractivity contribution in [3.63, 3.8) is 0 Å². The summed E-state index contributed by atoms with van der Waals surface area (Å²) in [5, 5.41) is 4.51. The van der Waals surface area contributed by atoms with Gasteiger partial charge in [0.05, 0.1) is 10.7 Å². The molecule has 4 rings (SSSR count). The molecule has 3 aliphatic rings. The summed E-state index contributed by atoms with van der Waals surface area (Å²) >= 11 is 6.61. The minimum absolute atomic E-state index is 0.742. The van der Waals surface area contributed by atoms with E-state index in [2.05, 4.69) is 28.4 Å². The number of hydrogen-bond acceptors (Lipinski definition) is 2. The highest BCUT2D eigenvalue weighted by atomic mass is 35.5. The lowest BCUT2D eigenvalue weighted by Gasteiger charge is -2.40. The van der Waals surface area contributed by atoms with Crippen molar-refractivity contribution in [3.05, 3.63) is 28.8 Å². The fraction of sp³-hybridized carbons (Fsp3) is 0.667. The molecule has 2 atom stereocenters. The summed E-state index contributed by atoms with van der Waals surface area (Å²) in [5.74, 6) is 0.908. The number of nitrogens with zero attached hydrogens (tertiary/aromatic N) is 1. The Hall–Kier alpha value is -0.730. The first-order valence-corrected chi connectivity index (χ1v) is 8.97. The predicted octanol–water partition coefficient (Wildman–Crippen LogP) is 4.36. The van der Waals surface area contributed by atoms with E-state index >= 15 is 0 Å². The Labute approximate surface area is 132 Å². The number of piperidine rings is 1. The highest BCUT2D eigenvalue weighted by Crippen LogP contribution is 2.41. The summed E-state index contributed by atoms with van der Waals surface area (Å²) in [4.78, 5) is 2.60. The van der Waals surface area contributed by atoms with Crippen molar-refractivity contribution in [2.75, 3.05) is 11.4 Å². The van der Waals surface area contributed by atoms with Crippen molar-refractivity contribution in [1.82, 2.24) is 5.32 Å². The Kier molecular flexibility index (Phi) is 3.85. The molecule has 1 saturated heterocycles. The smallest absolute Gasteiger partial charge is 0.0642 e. The average molecular weight is 305 g/mol. The van der Waals surface area contributed by atoms with Gasteiger partial charge in [0.15, 0.2) is 0 Å². The third-order valence-electron chi connectivity index (χ3n) is 5.49. The molecular weight excluding hydrogens is 280 g/mol. The topological polar surface area (TPSA) is 15.3 Å². The van der Waals surface area contributed by atoms with Gasteiger partial charge in [0, 0.05) is 25.2 Å². The van der Waals surface area contributed by atoms with Gasteiger partial charge in [0.25, 0.3) is 0 Å².